The standard InChI is InChI=1S/C14H11FN2O/c1-10(18)11-6-8-12(9-7-11)16-17-14-5-3-2-4-13(14)15/h2-9H,1H3. The van der Waals surface area contributed by atoms with Gasteiger partial charge in [-0.1, -0.05) is 12.1 Å². The highest BCUT2D eigenvalue weighted by atomic mass is 19.1. The first kappa shape index (κ1) is 12.1. The van der Waals surface area contributed by atoms with Crippen LogP contribution >= 0.6 is 0 Å². The maximum Gasteiger partial charge on any atom is 0.159 e. The molecule has 3 nitrogen and oxygen atoms in total. The molecule has 0 aliphatic carbocycles. The first-order chi connectivity index (χ1) is 8.66. The molecule has 0 bridgehead atoms. The van der Waals surface area contributed by atoms with Gasteiger partial charge in [0.25, 0.3) is 0 Å². The third kappa shape index (κ3) is 2.85. The fourth-order valence-corrected chi connectivity index (χ4v) is 1.41. The largest absolute Gasteiger partial charge is 0.295 e. The van der Waals surface area contributed by atoms with Crippen molar-refractivity contribution in [2.75, 3.05) is 0 Å². The lowest BCUT2D eigenvalue weighted by Gasteiger charge is -1.96. The highest BCUT2D eigenvalue weighted by molar-refractivity contribution is 5.94. The molecule has 0 atom stereocenters. The highest BCUT2D eigenvalue weighted by Gasteiger charge is 1.99. The Kier molecular flexibility index (Phi) is 3.57. The second-order valence-corrected chi connectivity index (χ2v) is 3.75. The van der Waals surface area contributed by atoms with E-state index in [1.807, 2.05) is 0 Å². The zero-order valence-electron chi connectivity index (χ0n) is 9.80. The average molecular weight is 242 g/mol. The smallest absolute Gasteiger partial charge is 0.159 e. The van der Waals surface area contributed by atoms with Gasteiger partial charge in [-0.25, -0.2) is 4.39 Å². The maximum absolute atomic E-state index is 13.3. The van der Waals surface area contributed by atoms with Crippen molar-refractivity contribution in [1.29, 1.82) is 0 Å². The second kappa shape index (κ2) is 5.31. The van der Waals surface area contributed by atoms with Crippen molar-refractivity contribution >= 4 is 17.2 Å². The van der Waals surface area contributed by atoms with E-state index in [-0.39, 0.29) is 11.5 Å². The Morgan fingerprint density at radius 1 is 1.00 bits per heavy atom. The Hall–Kier alpha value is -2.36. The van der Waals surface area contributed by atoms with Gasteiger partial charge in [-0.3, -0.25) is 4.79 Å². The lowest BCUT2D eigenvalue weighted by Crippen LogP contribution is -1.89. The number of azo groups is 1. The number of rotatable bonds is 3. The topological polar surface area (TPSA) is 41.8 Å². The van der Waals surface area contributed by atoms with E-state index < -0.39 is 5.82 Å². The van der Waals surface area contributed by atoms with Crippen LogP contribution in [0, 0.1) is 5.82 Å². The van der Waals surface area contributed by atoms with Crippen LogP contribution in [0.25, 0.3) is 0 Å². The third-order valence-corrected chi connectivity index (χ3v) is 2.40. The molecule has 18 heavy (non-hydrogen) atoms. The lowest BCUT2D eigenvalue weighted by molar-refractivity contribution is 0.101. The number of nitrogens with zero attached hydrogens (tertiary/aromatic N) is 2. The minimum absolute atomic E-state index is 0.00686. The number of carbonyl (C=O) groups is 1. The highest BCUT2D eigenvalue weighted by Crippen LogP contribution is 2.21. The molecule has 0 saturated heterocycles. The Bertz CT molecular complexity index is 591. The van der Waals surface area contributed by atoms with Gasteiger partial charge in [0.05, 0.1) is 5.69 Å². The summed E-state index contributed by atoms with van der Waals surface area (Å²) in [5, 5.41) is 7.73. The average Bonchev–Trinajstić information content (AvgIpc) is 2.38. The van der Waals surface area contributed by atoms with Crippen LogP contribution in [-0.4, -0.2) is 5.78 Å². The molecule has 0 heterocycles. The summed E-state index contributed by atoms with van der Waals surface area (Å²) in [6.07, 6.45) is 0. The molecule has 2 aromatic carbocycles. The van der Waals surface area contributed by atoms with Gasteiger partial charge in [0, 0.05) is 5.56 Å². The molecule has 0 spiro atoms. The van der Waals surface area contributed by atoms with Gasteiger partial charge >= 0.3 is 0 Å². The molecule has 0 unspecified atom stereocenters. The molecule has 0 radical (unpaired) electrons. The summed E-state index contributed by atoms with van der Waals surface area (Å²) in [5.74, 6) is -0.422. The van der Waals surface area contributed by atoms with Crippen molar-refractivity contribution in [1.82, 2.24) is 0 Å². The number of halogens is 1. The first-order valence-corrected chi connectivity index (χ1v) is 5.44. The normalized spacial score (nSPS) is 10.8. The third-order valence-electron chi connectivity index (χ3n) is 2.40. The van der Waals surface area contributed by atoms with Crippen LogP contribution in [0.2, 0.25) is 0 Å². The predicted molar refractivity (Wildman–Crippen MR) is 67.0 cm³/mol. The Balaban J connectivity index is 2.19. The van der Waals surface area contributed by atoms with Crippen LogP contribution in [0.15, 0.2) is 58.8 Å². The van der Waals surface area contributed by atoms with Gasteiger partial charge in [-0.05, 0) is 43.3 Å². The number of hydrogen-bond donors (Lipinski definition) is 0. The second-order valence-electron chi connectivity index (χ2n) is 3.75. The fourth-order valence-electron chi connectivity index (χ4n) is 1.41. The number of benzene rings is 2. The summed E-state index contributed by atoms with van der Waals surface area (Å²) in [6.45, 7) is 1.50. The summed E-state index contributed by atoms with van der Waals surface area (Å²) in [4.78, 5) is 11.1. The van der Waals surface area contributed by atoms with E-state index in [1.54, 1.807) is 42.5 Å². The van der Waals surface area contributed by atoms with Gasteiger partial charge < -0.3 is 0 Å². The fraction of sp³-hybridized carbons (Fsp3) is 0.0714. The van der Waals surface area contributed by atoms with Gasteiger partial charge in [0.1, 0.15) is 5.69 Å². The molecule has 0 aliphatic rings. The molecule has 2 rings (SSSR count). The Morgan fingerprint density at radius 2 is 1.67 bits per heavy atom. The minimum atomic E-state index is -0.415. The summed E-state index contributed by atoms with van der Waals surface area (Å²) < 4.78 is 13.3. The number of Topliss-reactive ketones (excluding diaryl/α,β-unsaturated/α-hetero) is 1. The summed E-state index contributed by atoms with van der Waals surface area (Å²) >= 11 is 0. The van der Waals surface area contributed by atoms with E-state index in [4.69, 9.17) is 0 Å². The monoisotopic (exact) mass is 242 g/mol. The van der Waals surface area contributed by atoms with Crippen LogP contribution in [0.4, 0.5) is 15.8 Å². The molecule has 0 aliphatic heterocycles. The van der Waals surface area contributed by atoms with Gasteiger partial charge in [0.15, 0.2) is 11.6 Å². The zero-order valence-corrected chi connectivity index (χ0v) is 9.80. The number of hydrogen-bond acceptors (Lipinski definition) is 3. The zero-order chi connectivity index (χ0) is 13.0. The number of carbonyl (C=O) groups excluding carboxylic acids is 1. The van der Waals surface area contributed by atoms with E-state index in [1.165, 1.54) is 13.0 Å². The van der Waals surface area contributed by atoms with Crippen molar-refractivity contribution in [2.24, 2.45) is 10.2 Å². The van der Waals surface area contributed by atoms with E-state index in [2.05, 4.69) is 10.2 Å². The van der Waals surface area contributed by atoms with Gasteiger partial charge in [-0.15, -0.1) is 5.11 Å². The molecule has 90 valence electrons. The molecule has 2 aromatic rings. The molecular formula is C14H11FN2O. The van der Waals surface area contributed by atoms with E-state index in [9.17, 15) is 9.18 Å². The number of ketones is 1. The molecule has 0 aromatic heterocycles. The van der Waals surface area contributed by atoms with Crippen LogP contribution < -0.4 is 0 Å². The minimum Gasteiger partial charge on any atom is -0.295 e. The first-order valence-electron chi connectivity index (χ1n) is 5.44. The molecule has 0 amide bonds. The van der Waals surface area contributed by atoms with Gasteiger partial charge in [-0.2, -0.15) is 5.11 Å². The SMILES string of the molecule is CC(=O)c1ccc(N=Nc2ccccc2F)cc1. The van der Waals surface area contributed by atoms with Crippen LogP contribution in [-0.2, 0) is 0 Å². The van der Waals surface area contributed by atoms with E-state index in [0.29, 0.717) is 11.3 Å². The van der Waals surface area contributed by atoms with Crippen molar-refractivity contribution < 1.29 is 9.18 Å². The van der Waals surface area contributed by atoms with Crippen molar-refractivity contribution in [3.8, 4) is 0 Å². The maximum atomic E-state index is 13.3. The van der Waals surface area contributed by atoms with Crippen molar-refractivity contribution in [3.05, 3.63) is 59.9 Å². The summed E-state index contributed by atoms with van der Waals surface area (Å²) in [7, 11) is 0. The van der Waals surface area contributed by atoms with Crippen LogP contribution in [0.3, 0.4) is 0 Å². The lowest BCUT2D eigenvalue weighted by atomic mass is 10.1. The molecular weight excluding hydrogens is 231 g/mol. The van der Waals surface area contributed by atoms with E-state index in [0.717, 1.165) is 0 Å². The van der Waals surface area contributed by atoms with Crippen LogP contribution in [0.5, 0.6) is 0 Å². The molecule has 0 fully saturated rings. The predicted octanol–water partition coefficient (Wildman–Crippen LogP) is 4.44. The van der Waals surface area contributed by atoms with E-state index >= 15 is 0 Å². The van der Waals surface area contributed by atoms with Crippen molar-refractivity contribution in [3.63, 3.8) is 0 Å². The van der Waals surface area contributed by atoms with Crippen LogP contribution in [0.1, 0.15) is 17.3 Å². The Morgan fingerprint density at radius 3 is 2.28 bits per heavy atom. The summed E-state index contributed by atoms with van der Waals surface area (Å²) in [5.41, 5.74) is 1.37. The quantitative estimate of drug-likeness (QED) is 0.579. The molecule has 4 heteroatoms. The van der Waals surface area contributed by atoms with Crippen molar-refractivity contribution in [2.45, 2.75) is 6.92 Å². The Labute approximate surface area is 104 Å². The molecule has 0 N–H and O–H groups in total. The van der Waals surface area contributed by atoms with Gasteiger partial charge in [0.2, 0.25) is 0 Å². The molecule has 0 saturated carbocycles. The summed E-state index contributed by atoms with van der Waals surface area (Å²) in [6, 6.07) is 12.8.